The lowest BCUT2D eigenvalue weighted by Gasteiger charge is -2.30. The van der Waals surface area contributed by atoms with E-state index in [0.29, 0.717) is 6.42 Å². The number of hydrogen-bond donors (Lipinski definition) is 1. The van der Waals surface area contributed by atoms with Gasteiger partial charge in [0.15, 0.2) is 0 Å². The second-order valence-electron chi connectivity index (χ2n) is 5.18. The fraction of sp³-hybridized carbons (Fsp3) is 0.294. The molecular weight excluding hydrogens is 252 g/mol. The van der Waals surface area contributed by atoms with Crippen molar-refractivity contribution in [2.75, 3.05) is 7.11 Å². The number of fused-ring (bicyclic) bond motifs is 1. The summed E-state index contributed by atoms with van der Waals surface area (Å²) in [4.78, 5) is 0. The van der Waals surface area contributed by atoms with Crippen molar-refractivity contribution >= 4 is 0 Å². The molecule has 3 rings (SSSR count). The van der Waals surface area contributed by atoms with E-state index in [-0.39, 0.29) is 6.10 Å². The highest BCUT2D eigenvalue weighted by molar-refractivity contribution is 5.44. The first-order valence-electron chi connectivity index (χ1n) is 6.76. The first-order chi connectivity index (χ1) is 9.67. The lowest BCUT2D eigenvalue weighted by Crippen LogP contribution is -2.19. The highest BCUT2D eigenvalue weighted by Gasteiger charge is 2.28. The minimum Gasteiger partial charge on any atom is -0.497 e. The quantitative estimate of drug-likeness (QED) is 0.906. The van der Waals surface area contributed by atoms with Gasteiger partial charge in [-0.1, -0.05) is 29.8 Å². The molecule has 3 heteroatoms. The van der Waals surface area contributed by atoms with E-state index in [9.17, 15) is 5.11 Å². The van der Waals surface area contributed by atoms with Crippen molar-refractivity contribution in [2.24, 2.45) is 0 Å². The molecule has 2 unspecified atom stereocenters. The molecule has 0 saturated heterocycles. The number of methoxy groups -OCH3 is 1. The van der Waals surface area contributed by atoms with E-state index in [0.717, 1.165) is 22.6 Å². The van der Waals surface area contributed by atoms with Gasteiger partial charge in [-0.15, -0.1) is 0 Å². The number of aliphatic hydroxyl groups is 1. The molecule has 0 aromatic heterocycles. The van der Waals surface area contributed by atoms with Crippen molar-refractivity contribution in [2.45, 2.75) is 25.6 Å². The van der Waals surface area contributed by atoms with Crippen molar-refractivity contribution < 1.29 is 14.6 Å². The smallest absolute Gasteiger partial charge is 0.127 e. The summed E-state index contributed by atoms with van der Waals surface area (Å²) < 4.78 is 11.2. The zero-order chi connectivity index (χ0) is 14.1. The molecular formula is C17H18O3. The van der Waals surface area contributed by atoms with Crippen LogP contribution in [0.2, 0.25) is 0 Å². The molecule has 1 aliphatic heterocycles. The molecule has 0 fully saturated rings. The van der Waals surface area contributed by atoms with Gasteiger partial charge < -0.3 is 14.6 Å². The highest BCUT2D eigenvalue weighted by Crippen LogP contribution is 2.42. The third-order valence-electron chi connectivity index (χ3n) is 3.70. The molecule has 0 bridgehead atoms. The van der Waals surface area contributed by atoms with E-state index in [4.69, 9.17) is 9.47 Å². The van der Waals surface area contributed by atoms with Crippen LogP contribution in [0.3, 0.4) is 0 Å². The fourth-order valence-corrected chi connectivity index (χ4v) is 2.63. The van der Waals surface area contributed by atoms with Crippen LogP contribution in [0.15, 0.2) is 42.5 Å². The van der Waals surface area contributed by atoms with Gasteiger partial charge in [0, 0.05) is 12.0 Å². The summed E-state index contributed by atoms with van der Waals surface area (Å²) in [5, 5.41) is 10.3. The third kappa shape index (κ3) is 2.37. The van der Waals surface area contributed by atoms with E-state index < -0.39 is 6.10 Å². The Hall–Kier alpha value is -2.00. The van der Waals surface area contributed by atoms with E-state index in [1.807, 2.05) is 30.3 Å². The Morgan fingerprint density at radius 3 is 2.80 bits per heavy atom. The zero-order valence-corrected chi connectivity index (χ0v) is 11.7. The van der Waals surface area contributed by atoms with Crippen LogP contribution in [-0.4, -0.2) is 12.2 Å². The molecule has 2 aromatic carbocycles. The molecule has 3 nitrogen and oxygen atoms in total. The predicted molar refractivity (Wildman–Crippen MR) is 77.1 cm³/mol. The maximum Gasteiger partial charge on any atom is 0.127 e. The maximum atomic E-state index is 10.3. The van der Waals surface area contributed by atoms with Crippen LogP contribution in [-0.2, 0) is 0 Å². The highest BCUT2D eigenvalue weighted by atomic mass is 16.5. The van der Waals surface area contributed by atoms with Crippen LogP contribution < -0.4 is 9.47 Å². The molecule has 1 heterocycles. The summed E-state index contributed by atoms with van der Waals surface area (Å²) >= 11 is 0. The Kier molecular flexibility index (Phi) is 3.36. The van der Waals surface area contributed by atoms with E-state index >= 15 is 0 Å². The Morgan fingerprint density at radius 2 is 2.05 bits per heavy atom. The van der Waals surface area contributed by atoms with Crippen LogP contribution >= 0.6 is 0 Å². The minimum absolute atomic E-state index is 0.106. The minimum atomic E-state index is -0.528. The van der Waals surface area contributed by atoms with Gasteiger partial charge in [0.1, 0.15) is 17.6 Å². The third-order valence-corrected chi connectivity index (χ3v) is 3.70. The second kappa shape index (κ2) is 5.17. The van der Waals surface area contributed by atoms with Gasteiger partial charge in [-0.05, 0) is 30.7 Å². The monoisotopic (exact) mass is 270 g/mol. The van der Waals surface area contributed by atoms with E-state index in [1.165, 1.54) is 5.56 Å². The summed E-state index contributed by atoms with van der Waals surface area (Å²) in [5.41, 5.74) is 3.10. The van der Waals surface area contributed by atoms with Crippen molar-refractivity contribution in [1.82, 2.24) is 0 Å². The summed E-state index contributed by atoms with van der Waals surface area (Å²) in [5.74, 6) is 1.47. The van der Waals surface area contributed by atoms with Crippen molar-refractivity contribution in [3.63, 3.8) is 0 Å². The van der Waals surface area contributed by atoms with Gasteiger partial charge in [0.25, 0.3) is 0 Å². The number of aryl methyl sites for hydroxylation is 1. The van der Waals surface area contributed by atoms with Crippen LogP contribution in [0.1, 0.15) is 35.3 Å². The first-order valence-corrected chi connectivity index (χ1v) is 6.76. The second-order valence-corrected chi connectivity index (χ2v) is 5.18. The molecule has 1 aliphatic rings. The van der Waals surface area contributed by atoms with E-state index in [1.54, 1.807) is 7.11 Å². The molecule has 1 N–H and O–H groups in total. The number of aliphatic hydroxyl groups excluding tert-OH is 1. The molecule has 2 atom stereocenters. The number of hydrogen-bond acceptors (Lipinski definition) is 3. The lowest BCUT2D eigenvalue weighted by atomic mass is 9.94. The van der Waals surface area contributed by atoms with Gasteiger partial charge in [-0.25, -0.2) is 0 Å². The number of benzene rings is 2. The van der Waals surface area contributed by atoms with Crippen molar-refractivity contribution in [1.29, 1.82) is 0 Å². The van der Waals surface area contributed by atoms with Gasteiger partial charge in [0.2, 0.25) is 0 Å². The molecule has 0 radical (unpaired) electrons. The van der Waals surface area contributed by atoms with Crippen LogP contribution in [0.4, 0.5) is 0 Å². The largest absolute Gasteiger partial charge is 0.497 e. The number of rotatable bonds is 2. The summed E-state index contributed by atoms with van der Waals surface area (Å²) in [6.07, 6.45) is -0.0750. The molecule has 0 amide bonds. The Morgan fingerprint density at radius 1 is 1.20 bits per heavy atom. The van der Waals surface area contributed by atoms with E-state index in [2.05, 4.69) is 19.1 Å². The van der Waals surface area contributed by atoms with Gasteiger partial charge >= 0.3 is 0 Å². The molecule has 20 heavy (non-hydrogen) atoms. The van der Waals surface area contributed by atoms with Crippen LogP contribution in [0.5, 0.6) is 11.5 Å². The molecule has 2 aromatic rings. The maximum absolute atomic E-state index is 10.3. The first kappa shape index (κ1) is 13.0. The normalized spacial score (nSPS) is 20.9. The molecule has 0 saturated carbocycles. The zero-order valence-electron chi connectivity index (χ0n) is 11.7. The lowest BCUT2D eigenvalue weighted by molar-refractivity contribution is 0.0654. The predicted octanol–water partition coefficient (Wildman–Crippen LogP) is 3.56. The SMILES string of the molecule is COc1ccc2c(c1)C(O)CC(c1cccc(C)c1)O2. The standard InChI is InChI=1S/C17H18O3/c1-11-4-3-5-12(8-11)17-10-15(18)14-9-13(19-2)6-7-16(14)20-17/h3-9,15,17-18H,10H2,1-2H3. The summed E-state index contributed by atoms with van der Waals surface area (Å²) in [6, 6.07) is 13.8. The molecule has 0 aliphatic carbocycles. The van der Waals surface area contributed by atoms with Crippen molar-refractivity contribution in [3.8, 4) is 11.5 Å². The Bertz CT molecular complexity index is 621. The Balaban J connectivity index is 1.93. The van der Waals surface area contributed by atoms with Gasteiger partial charge in [-0.2, -0.15) is 0 Å². The van der Waals surface area contributed by atoms with Crippen molar-refractivity contribution in [3.05, 3.63) is 59.2 Å². The average molecular weight is 270 g/mol. The van der Waals surface area contributed by atoms with Crippen LogP contribution in [0.25, 0.3) is 0 Å². The Labute approximate surface area is 118 Å². The fourth-order valence-electron chi connectivity index (χ4n) is 2.63. The molecule has 104 valence electrons. The topological polar surface area (TPSA) is 38.7 Å². The van der Waals surface area contributed by atoms with Crippen LogP contribution in [0, 0.1) is 6.92 Å². The number of ether oxygens (including phenoxy) is 2. The average Bonchev–Trinajstić information content (AvgIpc) is 2.47. The summed E-state index contributed by atoms with van der Waals surface area (Å²) in [7, 11) is 1.62. The van der Waals surface area contributed by atoms with Gasteiger partial charge in [0.05, 0.1) is 13.2 Å². The summed E-state index contributed by atoms with van der Waals surface area (Å²) in [6.45, 7) is 2.06. The van der Waals surface area contributed by atoms with Gasteiger partial charge in [-0.3, -0.25) is 0 Å². The molecule has 0 spiro atoms.